The van der Waals surface area contributed by atoms with Gasteiger partial charge in [0.25, 0.3) is 0 Å². The van der Waals surface area contributed by atoms with Gasteiger partial charge in [0.1, 0.15) is 23.7 Å². The minimum absolute atomic E-state index is 0.148. The summed E-state index contributed by atoms with van der Waals surface area (Å²) in [7, 11) is 1.73. The number of allylic oxidation sites excluding steroid dienone is 1. The third-order valence-corrected chi connectivity index (χ3v) is 3.18. The fraction of sp³-hybridized carbons (Fsp3) is 0.438. The van der Waals surface area contributed by atoms with Crippen LogP contribution in [0.3, 0.4) is 0 Å². The second-order valence-corrected chi connectivity index (χ2v) is 4.82. The van der Waals surface area contributed by atoms with Gasteiger partial charge in [0.15, 0.2) is 0 Å². The largest absolute Gasteiger partial charge is 0.508 e. The van der Waals surface area contributed by atoms with Crippen molar-refractivity contribution in [1.29, 1.82) is 0 Å². The highest BCUT2D eigenvalue weighted by atomic mass is 16.5. The number of aliphatic imine (C=N–C) groups is 1. The van der Waals surface area contributed by atoms with Crippen LogP contribution in [0.15, 0.2) is 41.4 Å². The van der Waals surface area contributed by atoms with Gasteiger partial charge in [-0.15, -0.1) is 0 Å². The number of phenolic OH excluding ortho intramolecular Hbond substituents is 1. The molecule has 0 bridgehead atoms. The zero-order valence-corrected chi connectivity index (χ0v) is 12.0. The van der Waals surface area contributed by atoms with Crippen molar-refractivity contribution in [3.8, 4) is 11.5 Å². The fourth-order valence-electron chi connectivity index (χ4n) is 2.02. The van der Waals surface area contributed by atoms with Crippen LogP contribution in [0.2, 0.25) is 0 Å². The zero-order valence-electron chi connectivity index (χ0n) is 12.0. The Hall–Kier alpha value is -1.97. The van der Waals surface area contributed by atoms with Crippen LogP contribution < -0.4 is 4.74 Å². The van der Waals surface area contributed by atoms with E-state index in [0.717, 1.165) is 19.3 Å². The molecule has 0 aromatic heterocycles. The molecule has 1 fully saturated rings. The Balaban J connectivity index is 1.76. The number of hydrogen-bond acceptors (Lipinski definition) is 4. The third-order valence-electron chi connectivity index (χ3n) is 3.18. The van der Waals surface area contributed by atoms with Gasteiger partial charge in [-0.05, 0) is 24.6 Å². The SMILES string of the molecule is CC/C=C\C(=N/C)O[C@H]1C[C@H](Oc2cccc(O)c2)C1. The Morgan fingerprint density at radius 2 is 2.20 bits per heavy atom. The predicted octanol–water partition coefficient (Wildman–Crippen LogP) is 3.31. The molecule has 0 amide bonds. The first-order valence-corrected chi connectivity index (χ1v) is 6.97. The van der Waals surface area contributed by atoms with Crippen LogP contribution in [0, 0.1) is 0 Å². The number of benzene rings is 1. The quantitative estimate of drug-likeness (QED) is 0.662. The molecule has 0 aliphatic heterocycles. The van der Waals surface area contributed by atoms with E-state index in [1.807, 2.05) is 18.2 Å². The highest BCUT2D eigenvalue weighted by Gasteiger charge is 2.33. The Morgan fingerprint density at radius 3 is 2.85 bits per heavy atom. The molecule has 0 radical (unpaired) electrons. The lowest BCUT2D eigenvalue weighted by Gasteiger charge is -2.35. The minimum atomic E-state index is 0.148. The first kappa shape index (κ1) is 14.4. The van der Waals surface area contributed by atoms with Crippen LogP contribution in [0.1, 0.15) is 26.2 Å². The lowest BCUT2D eigenvalue weighted by atomic mass is 9.92. The minimum Gasteiger partial charge on any atom is -0.508 e. The smallest absolute Gasteiger partial charge is 0.208 e. The number of hydrogen-bond donors (Lipinski definition) is 1. The van der Waals surface area contributed by atoms with Gasteiger partial charge >= 0.3 is 0 Å². The molecule has 1 saturated carbocycles. The Morgan fingerprint density at radius 1 is 1.40 bits per heavy atom. The van der Waals surface area contributed by atoms with Gasteiger partial charge < -0.3 is 14.6 Å². The van der Waals surface area contributed by atoms with Gasteiger partial charge in [-0.25, -0.2) is 0 Å². The summed E-state index contributed by atoms with van der Waals surface area (Å²) in [5.41, 5.74) is 0. The average molecular weight is 275 g/mol. The van der Waals surface area contributed by atoms with Crippen molar-refractivity contribution in [2.45, 2.75) is 38.4 Å². The molecule has 1 aromatic rings. The van der Waals surface area contributed by atoms with Crippen LogP contribution in [-0.4, -0.2) is 30.3 Å². The molecular weight excluding hydrogens is 254 g/mol. The van der Waals surface area contributed by atoms with Gasteiger partial charge in [-0.3, -0.25) is 4.99 Å². The van der Waals surface area contributed by atoms with Crippen LogP contribution >= 0.6 is 0 Å². The highest BCUT2D eigenvalue weighted by Crippen LogP contribution is 2.29. The third kappa shape index (κ3) is 4.02. The van der Waals surface area contributed by atoms with Crippen LogP contribution in [0.25, 0.3) is 0 Å². The van der Waals surface area contributed by atoms with E-state index in [1.165, 1.54) is 0 Å². The lowest BCUT2D eigenvalue weighted by Crippen LogP contribution is -2.40. The molecule has 1 aliphatic rings. The van der Waals surface area contributed by atoms with E-state index in [4.69, 9.17) is 9.47 Å². The van der Waals surface area contributed by atoms with E-state index >= 15 is 0 Å². The maximum absolute atomic E-state index is 9.37. The van der Waals surface area contributed by atoms with Crippen molar-refractivity contribution in [2.75, 3.05) is 7.05 Å². The molecule has 0 heterocycles. The van der Waals surface area contributed by atoms with E-state index in [-0.39, 0.29) is 18.0 Å². The molecule has 0 spiro atoms. The fourth-order valence-corrected chi connectivity index (χ4v) is 2.02. The van der Waals surface area contributed by atoms with Crippen LogP contribution in [0.4, 0.5) is 0 Å². The summed E-state index contributed by atoms with van der Waals surface area (Å²) in [5, 5.41) is 9.37. The molecule has 0 saturated heterocycles. The molecule has 4 nitrogen and oxygen atoms in total. The molecule has 4 heteroatoms. The van der Waals surface area contributed by atoms with Crippen molar-refractivity contribution in [3.63, 3.8) is 0 Å². The summed E-state index contributed by atoms with van der Waals surface area (Å²) in [6.45, 7) is 2.08. The lowest BCUT2D eigenvalue weighted by molar-refractivity contribution is -0.00180. The first-order chi connectivity index (χ1) is 9.71. The van der Waals surface area contributed by atoms with Gasteiger partial charge in [0.05, 0.1) is 0 Å². The first-order valence-electron chi connectivity index (χ1n) is 6.97. The maximum Gasteiger partial charge on any atom is 0.208 e. The average Bonchev–Trinajstić information content (AvgIpc) is 2.40. The number of rotatable bonds is 5. The predicted molar refractivity (Wildman–Crippen MR) is 79.4 cm³/mol. The number of phenols is 1. The van der Waals surface area contributed by atoms with Crippen molar-refractivity contribution >= 4 is 5.90 Å². The molecule has 1 aliphatic carbocycles. The number of nitrogens with zero attached hydrogens (tertiary/aromatic N) is 1. The molecule has 108 valence electrons. The maximum atomic E-state index is 9.37. The topological polar surface area (TPSA) is 51.0 Å². The van der Waals surface area contributed by atoms with Crippen molar-refractivity contribution < 1.29 is 14.6 Å². The summed E-state index contributed by atoms with van der Waals surface area (Å²) in [4.78, 5) is 4.10. The second kappa shape index (κ2) is 6.98. The highest BCUT2D eigenvalue weighted by molar-refractivity contribution is 5.87. The van der Waals surface area contributed by atoms with Crippen LogP contribution in [-0.2, 0) is 4.74 Å². The summed E-state index contributed by atoms with van der Waals surface area (Å²) in [5.74, 6) is 1.59. The Kier molecular flexibility index (Phi) is 5.04. The van der Waals surface area contributed by atoms with Crippen molar-refractivity contribution in [1.82, 2.24) is 0 Å². The normalized spacial score (nSPS) is 22.6. The van der Waals surface area contributed by atoms with Crippen molar-refractivity contribution in [3.05, 3.63) is 36.4 Å². The van der Waals surface area contributed by atoms with Gasteiger partial charge in [-0.1, -0.05) is 19.1 Å². The summed E-state index contributed by atoms with van der Waals surface area (Å²) in [6, 6.07) is 6.87. The molecule has 0 unspecified atom stereocenters. The molecule has 20 heavy (non-hydrogen) atoms. The molecule has 2 rings (SSSR count). The monoisotopic (exact) mass is 275 g/mol. The standard InChI is InChI=1S/C16H21NO3/c1-3-4-8-16(17-2)20-15-10-14(11-15)19-13-7-5-6-12(18)9-13/h4-9,14-15,18H,3,10-11H2,1-2H3/b8-4-,17-16+/t14-,15-. The number of ether oxygens (including phenoxy) is 2. The zero-order chi connectivity index (χ0) is 14.4. The summed E-state index contributed by atoms with van der Waals surface area (Å²) >= 11 is 0. The van der Waals surface area contributed by atoms with Gasteiger partial charge in [-0.2, -0.15) is 0 Å². The van der Waals surface area contributed by atoms with E-state index in [0.29, 0.717) is 11.6 Å². The molecule has 1 N–H and O–H groups in total. The summed E-state index contributed by atoms with van der Waals surface area (Å²) in [6.07, 6.45) is 6.90. The van der Waals surface area contributed by atoms with E-state index in [9.17, 15) is 5.11 Å². The molecule has 1 aromatic carbocycles. The van der Waals surface area contributed by atoms with E-state index in [2.05, 4.69) is 11.9 Å². The van der Waals surface area contributed by atoms with E-state index < -0.39 is 0 Å². The second-order valence-electron chi connectivity index (χ2n) is 4.82. The molecular formula is C16H21NO3. The Bertz CT molecular complexity index is 490. The van der Waals surface area contributed by atoms with Gasteiger partial charge in [0, 0.05) is 26.0 Å². The van der Waals surface area contributed by atoms with Crippen LogP contribution in [0.5, 0.6) is 11.5 Å². The summed E-state index contributed by atoms with van der Waals surface area (Å²) < 4.78 is 11.5. The van der Waals surface area contributed by atoms with Crippen molar-refractivity contribution in [2.24, 2.45) is 4.99 Å². The van der Waals surface area contributed by atoms with E-state index in [1.54, 1.807) is 25.2 Å². The molecule has 0 atom stereocenters. The van der Waals surface area contributed by atoms with Gasteiger partial charge in [0.2, 0.25) is 5.90 Å². The number of aromatic hydroxyl groups is 1. The Labute approximate surface area is 119 Å².